The molecule has 0 saturated carbocycles. The van der Waals surface area contributed by atoms with Crippen LogP contribution in [0.1, 0.15) is 0 Å². The van der Waals surface area contributed by atoms with E-state index in [1.807, 2.05) is 11.0 Å². The van der Waals surface area contributed by atoms with Crippen molar-refractivity contribution in [1.29, 1.82) is 0 Å². The fourth-order valence-corrected chi connectivity index (χ4v) is 3.46. The second-order valence-corrected chi connectivity index (χ2v) is 6.02. The Labute approximate surface area is 79.2 Å². The van der Waals surface area contributed by atoms with Crippen LogP contribution in [-0.4, -0.2) is 31.0 Å². The lowest BCUT2D eigenvalue weighted by Crippen LogP contribution is -2.00. The molecule has 0 aromatic carbocycles. The number of aromatic nitrogens is 4. The van der Waals surface area contributed by atoms with Crippen LogP contribution in [-0.2, 0) is 0 Å². The van der Waals surface area contributed by atoms with E-state index in [9.17, 15) is 0 Å². The Morgan fingerprint density at radius 1 is 1.58 bits per heavy atom. The number of hydrogen-bond donors (Lipinski definition) is 0. The summed E-state index contributed by atoms with van der Waals surface area (Å²) in [5.74, 6) is 0. The van der Waals surface area contributed by atoms with Crippen molar-refractivity contribution in [2.75, 3.05) is 6.26 Å². The van der Waals surface area contributed by atoms with E-state index in [0.29, 0.717) is 0 Å². The highest BCUT2D eigenvalue weighted by Gasteiger charge is 2.24. The van der Waals surface area contributed by atoms with Gasteiger partial charge in [0, 0.05) is 6.20 Å². The van der Waals surface area contributed by atoms with E-state index in [1.165, 1.54) is 3.71 Å². The summed E-state index contributed by atoms with van der Waals surface area (Å²) in [6.45, 7) is 0. The van der Waals surface area contributed by atoms with Crippen molar-refractivity contribution in [2.45, 2.75) is 5.16 Å². The lowest BCUT2D eigenvalue weighted by atomic mass is 11.1. The Bertz CT molecular complexity index is 344. The largest absolute Gasteiger partial charge is 0.258 e. The minimum atomic E-state index is -1.16. The molecule has 2 heterocycles. The summed E-state index contributed by atoms with van der Waals surface area (Å²) in [5, 5.41) is 14.0. The molecule has 2 rings (SSSR count). The van der Waals surface area contributed by atoms with Gasteiger partial charge in [0.25, 0.3) is 0 Å². The fourth-order valence-electron chi connectivity index (χ4n) is 0.885. The van der Waals surface area contributed by atoms with Gasteiger partial charge < -0.3 is 0 Å². The predicted octanol–water partition coefficient (Wildman–Crippen LogP) is 1.14. The third kappa shape index (κ3) is 1.09. The van der Waals surface area contributed by atoms with Gasteiger partial charge in [-0.05, 0) is 22.1 Å². The summed E-state index contributed by atoms with van der Waals surface area (Å²) in [6, 6.07) is 0. The molecule has 0 amide bonds. The van der Waals surface area contributed by atoms with Gasteiger partial charge in [-0.1, -0.05) is 0 Å². The van der Waals surface area contributed by atoms with Gasteiger partial charge in [0.2, 0.25) is 5.16 Å². The maximum Gasteiger partial charge on any atom is 0.211 e. The zero-order chi connectivity index (χ0) is 8.60. The minimum Gasteiger partial charge on any atom is -0.258 e. The first-order valence-corrected chi connectivity index (χ1v) is 6.03. The smallest absolute Gasteiger partial charge is 0.211 e. The van der Waals surface area contributed by atoms with Crippen molar-refractivity contribution in [3.63, 3.8) is 0 Å². The third-order valence-electron chi connectivity index (χ3n) is 1.51. The van der Waals surface area contributed by atoms with Gasteiger partial charge >= 0.3 is 0 Å². The average Bonchev–Trinajstić information content (AvgIpc) is 2.59. The SMILES string of the molecule is CS1(c2nnnn2Br)C=CN=C1. The molecular weight excluding hydrogens is 242 g/mol. The lowest BCUT2D eigenvalue weighted by Gasteiger charge is -2.19. The molecule has 1 aliphatic rings. The van der Waals surface area contributed by atoms with Crippen molar-refractivity contribution in [3.05, 3.63) is 11.6 Å². The molecule has 5 nitrogen and oxygen atoms in total. The Morgan fingerprint density at radius 2 is 2.42 bits per heavy atom. The summed E-state index contributed by atoms with van der Waals surface area (Å²) in [4.78, 5) is 4.04. The molecule has 1 aromatic rings. The molecule has 0 N–H and O–H groups in total. The first-order chi connectivity index (χ1) is 5.72. The Kier molecular flexibility index (Phi) is 1.76. The standard InChI is InChI=1S/C5H6BrN5S/c1-12(3-2-7-4-12)5-8-9-10-11(5)6/h2-4H,1H3. The Balaban J connectivity index is 2.49. The van der Waals surface area contributed by atoms with Crippen molar-refractivity contribution >= 4 is 31.7 Å². The zero-order valence-corrected chi connectivity index (χ0v) is 8.66. The van der Waals surface area contributed by atoms with Gasteiger partial charge in [0.15, 0.2) is 0 Å². The number of rotatable bonds is 1. The summed E-state index contributed by atoms with van der Waals surface area (Å²) in [6.07, 6.45) is 3.85. The normalized spacial score (nSPS) is 32.2. The van der Waals surface area contributed by atoms with Crippen molar-refractivity contribution in [2.24, 2.45) is 4.99 Å². The van der Waals surface area contributed by atoms with Crippen LogP contribution < -0.4 is 0 Å². The van der Waals surface area contributed by atoms with Gasteiger partial charge in [0.05, 0.1) is 21.7 Å². The average molecular weight is 248 g/mol. The van der Waals surface area contributed by atoms with Gasteiger partial charge in [-0.3, -0.25) is 4.99 Å². The van der Waals surface area contributed by atoms with Gasteiger partial charge in [0.1, 0.15) is 0 Å². The molecule has 1 atom stereocenters. The summed E-state index contributed by atoms with van der Waals surface area (Å²) < 4.78 is 1.50. The molecule has 0 fully saturated rings. The summed E-state index contributed by atoms with van der Waals surface area (Å²) >= 11 is 3.22. The number of tetrazole rings is 1. The molecule has 64 valence electrons. The second kappa shape index (κ2) is 2.67. The van der Waals surface area contributed by atoms with E-state index in [2.05, 4.69) is 42.9 Å². The van der Waals surface area contributed by atoms with Crippen molar-refractivity contribution < 1.29 is 0 Å². The Morgan fingerprint density at radius 3 is 2.92 bits per heavy atom. The highest BCUT2D eigenvalue weighted by atomic mass is 79.9. The maximum atomic E-state index is 4.04. The third-order valence-corrected chi connectivity index (χ3v) is 4.51. The first kappa shape index (κ1) is 7.93. The number of aliphatic imine (C=N–C) groups is 1. The van der Waals surface area contributed by atoms with E-state index in [4.69, 9.17) is 0 Å². The molecule has 1 aromatic heterocycles. The highest BCUT2D eigenvalue weighted by Crippen LogP contribution is 2.52. The molecule has 0 aliphatic carbocycles. The first-order valence-electron chi connectivity index (χ1n) is 3.15. The number of hydrogen-bond acceptors (Lipinski definition) is 4. The molecule has 7 heteroatoms. The molecule has 1 aliphatic heterocycles. The van der Waals surface area contributed by atoms with Crippen LogP contribution in [0.3, 0.4) is 0 Å². The monoisotopic (exact) mass is 247 g/mol. The summed E-state index contributed by atoms with van der Waals surface area (Å²) in [5.41, 5.74) is 1.89. The molecule has 0 spiro atoms. The van der Waals surface area contributed by atoms with E-state index in [-0.39, 0.29) is 0 Å². The van der Waals surface area contributed by atoms with Gasteiger partial charge in [-0.15, -0.1) is 15.1 Å². The van der Waals surface area contributed by atoms with Crippen molar-refractivity contribution in [3.8, 4) is 0 Å². The summed E-state index contributed by atoms with van der Waals surface area (Å²) in [7, 11) is -1.16. The zero-order valence-electron chi connectivity index (χ0n) is 6.25. The molecule has 0 bridgehead atoms. The molecule has 1 unspecified atom stereocenters. The minimum absolute atomic E-state index is 0.806. The predicted molar refractivity (Wildman–Crippen MR) is 51.6 cm³/mol. The van der Waals surface area contributed by atoms with Crippen LogP contribution in [0.4, 0.5) is 0 Å². The van der Waals surface area contributed by atoms with Crippen LogP contribution in [0, 0.1) is 0 Å². The van der Waals surface area contributed by atoms with Gasteiger partial charge in [-0.2, -0.15) is 3.71 Å². The van der Waals surface area contributed by atoms with E-state index in [0.717, 1.165) is 5.16 Å². The molecule has 0 radical (unpaired) electrons. The quantitative estimate of drug-likeness (QED) is 0.748. The van der Waals surface area contributed by atoms with E-state index < -0.39 is 10.0 Å². The molecule has 12 heavy (non-hydrogen) atoms. The van der Waals surface area contributed by atoms with E-state index >= 15 is 0 Å². The van der Waals surface area contributed by atoms with Crippen LogP contribution in [0.15, 0.2) is 21.8 Å². The maximum absolute atomic E-state index is 4.04. The fraction of sp³-hybridized carbons (Fsp3) is 0.200. The van der Waals surface area contributed by atoms with Crippen LogP contribution in [0.25, 0.3) is 0 Å². The van der Waals surface area contributed by atoms with Crippen LogP contribution >= 0.6 is 26.2 Å². The van der Waals surface area contributed by atoms with Gasteiger partial charge in [-0.25, -0.2) is 0 Å². The molecule has 0 saturated heterocycles. The second-order valence-electron chi connectivity index (χ2n) is 2.41. The Hall–Kier alpha value is -0.690. The van der Waals surface area contributed by atoms with Crippen LogP contribution in [0.2, 0.25) is 0 Å². The number of halogens is 1. The number of nitrogens with zero attached hydrogens (tertiary/aromatic N) is 5. The highest BCUT2D eigenvalue weighted by molar-refractivity contribution is 9.08. The van der Waals surface area contributed by atoms with Crippen LogP contribution in [0.5, 0.6) is 0 Å². The topological polar surface area (TPSA) is 56.0 Å². The van der Waals surface area contributed by atoms with E-state index in [1.54, 1.807) is 6.20 Å². The van der Waals surface area contributed by atoms with Crippen molar-refractivity contribution in [1.82, 2.24) is 19.2 Å². The lowest BCUT2D eigenvalue weighted by molar-refractivity contribution is 0.857. The molecular formula is C5H6BrN5S.